The minimum Gasteiger partial charge on any atom is -0.497 e. The van der Waals surface area contributed by atoms with Crippen LogP contribution in [-0.2, 0) is 11.3 Å². The van der Waals surface area contributed by atoms with Gasteiger partial charge in [-0.2, -0.15) is 13.8 Å². The molecule has 9 heteroatoms. The maximum absolute atomic E-state index is 12.5. The van der Waals surface area contributed by atoms with Gasteiger partial charge in [0, 0.05) is 11.6 Å². The Morgan fingerprint density at radius 1 is 1.14 bits per heavy atom. The quantitative estimate of drug-likeness (QED) is 0.559. The van der Waals surface area contributed by atoms with Gasteiger partial charge in [-0.15, -0.1) is 0 Å². The molecule has 1 N–H and O–H groups in total. The van der Waals surface area contributed by atoms with Gasteiger partial charge in [0.2, 0.25) is 5.91 Å². The Hall–Kier alpha value is -3.59. The number of hydrogen-bond acceptors (Lipinski definition) is 7. The van der Waals surface area contributed by atoms with Gasteiger partial charge in [-0.05, 0) is 30.3 Å². The Bertz CT molecular complexity index is 1220. The molecule has 8 nitrogen and oxygen atoms in total. The number of carbonyl (C=O) groups excluding carboxylic acids is 1. The van der Waals surface area contributed by atoms with E-state index in [0.717, 1.165) is 22.0 Å². The molecule has 0 saturated heterocycles. The zero-order chi connectivity index (χ0) is 19.5. The van der Waals surface area contributed by atoms with Gasteiger partial charge < -0.3 is 10.1 Å². The lowest BCUT2D eigenvalue weighted by molar-refractivity contribution is -0.117. The van der Waals surface area contributed by atoms with Crippen molar-refractivity contribution in [1.29, 1.82) is 0 Å². The molecule has 28 heavy (non-hydrogen) atoms. The average Bonchev–Trinajstić information content (AvgIpc) is 3.19. The lowest BCUT2D eigenvalue weighted by Gasteiger charge is -2.09. The highest BCUT2D eigenvalue weighted by Gasteiger charge is 2.11. The number of rotatable bonds is 5. The molecule has 2 aromatic carbocycles. The van der Waals surface area contributed by atoms with Crippen molar-refractivity contribution in [2.24, 2.45) is 0 Å². The second-order valence-electron chi connectivity index (χ2n) is 5.93. The third-order valence-corrected chi connectivity index (χ3v) is 4.63. The van der Waals surface area contributed by atoms with Crippen LogP contribution in [0.25, 0.3) is 22.3 Å². The highest BCUT2D eigenvalue weighted by atomic mass is 32.1. The number of anilines is 1. The molecule has 140 valence electrons. The first-order valence-corrected chi connectivity index (χ1v) is 9.11. The lowest BCUT2D eigenvalue weighted by atomic mass is 10.1. The van der Waals surface area contributed by atoms with E-state index in [1.54, 1.807) is 25.3 Å². The second kappa shape index (κ2) is 7.57. The number of fused-ring (bicyclic) bond motifs is 1. The first-order chi connectivity index (χ1) is 13.6. The Balaban J connectivity index is 1.58. The number of benzene rings is 2. The van der Waals surface area contributed by atoms with Gasteiger partial charge >= 0.3 is 0 Å². The van der Waals surface area contributed by atoms with Crippen molar-refractivity contribution < 1.29 is 9.53 Å². The van der Waals surface area contributed by atoms with Crippen LogP contribution in [0, 0.1) is 0 Å². The molecule has 0 aliphatic heterocycles. The standard InChI is InChI=1S/C19H15N5O3S/c1-27-13-5-2-4-12(10-13)14-8-9-18(26)24(21-14)11-17(25)20-15-6-3-7-16-19(15)23-28-22-16/h2-10H,11H2,1H3,(H,20,25). The van der Waals surface area contributed by atoms with Crippen molar-refractivity contribution in [3.63, 3.8) is 0 Å². The van der Waals surface area contributed by atoms with E-state index >= 15 is 0 Å². The van der Waals surface area contributed by atoms with Crippen LogP contribution in [0.1, 0.15) is 0 Å². The summed E-state index contributed by atoms with van der Waals surface area (Å²) >= 11 is 1.07. The molecule has 4 rings (SSSR count). The largest absolute Gasteiger partial charge is 0.497 e. The van der Waals surface area contributed by atoms with Crippen LogP contribution < -0.4 is 15.6 Å². The van der Waals surface area contributed by atoms with Crippen LogP contribution in [0.3, 0.4) is 0 Å². The molecule has 0 radical (unpaired) electrons. The molecule has 0 fully saturated rings. The van der Waals surface area contributed by atoms with Crippen LogP contribution in [0.4, 0.5) is 5.69 Å². The first kappa shape index (κ1) is 17.8. The van der Waals surface area contributed by atoms with E-state index in [9.17, 15) is 9.59 Å². The Kier molecular flexibility index (Phi) is 4.81. The van der Waals surface area contributed by atoms with Gasteiger partial charge in [-0.25, -0.2) is 4.68 Å². The molecule has 0 saturated carbocycles. The summed E-state index contributed by atoms with van der Waals surface area (Å²) in [7, 11) is 1.58. The number of ether oxygens (including phenoxy) is 1. The third kappa shape index (κ3) is 3.60. The summed E-state index contributed by atoms with van der Waals surface area (Å²) in [5.74, 6) is 0.303. The van der Waals surface area contributed by atoms with Crippen LogP contribution in [0.5, 0.6) is 5.75 Å². The zero-order valence-electron chi connectivity index (χ0n) is 14.8. The van der Waals surface area contributed by atoms with Crippen molar-refractivity contribution in [2.75, 3.05) is 12.4 Å². The monoisotopic (exact) mass is 393 g/mol. The molecule has 4 aromatic rings. The van der Waals surface area contributed by atoms with Crippen LogP contribution in [0.2, 0.25) is 0 Å². The average molecular weight is 393 g/mol. The smallest absolute Gasteiger partial charge is 0.267 e. The number of methoxy groups -OCH3 is 1. The first-order valence-electron chi connectivity index (χ1n) is 8.38. The van der Waals surface area contributed by atoms with Gasteiger partial charge in [0.15, 0.2) is 0 Å². The Labute approximate surface area is 163 Å². The van der Waals surface area contributed by atoms with Gasteiger partial charge in [0.1, 0.15) is 23.3 Å². The van der Waals surface area contributed by atoms with E-state index in [1.165, 1.54) is 6.07 Å². The molecule has 0 aliphatic carbocycles. The van der Waals surface area contributed by atoms with Gasteiger partial charge in [0.05, 0.1) is 30.2 Å². The molecule has 2 heterocycles. The van der Waals surface area contributed by atoms with Crippen LogP contribution in [0.15, 0.2) is 59.4 Å². The number of hydrogen-bond donors (Lipinski definition) is 1. The van der Waals surface area contributed by atoms with Gasteiger partial charge in [0.25, 0.3) is 5.56 Å². The molecule has 0 aliphatic rings. The predicted molar refractivity (Wildman–Crippen MR) is 107 cm³/mol. The molecule has 0 spiro atoms. The van der Waals surface area contributed by atoms with Gasteiger partial charge in [-0.3, -0.25) is 9.59 Å². The number of amides is 1. The third-order valence-electron chi connectivity index (χ3n) is 4.09. The van der Waals surface area contributed by atoms with Crippen molar-refractivity contribution in [2.45, 2.75) is 6.54 Å². The summed E-state index contributed by atoms with van der Waals surface area (Å²) in [5, 5.41) is 7.08. The number of nitrogens with one attached hydrogen (secondary N) is 1. The molecule has 0 bridgehead atoms. The Morgan fingerprint density at radius 3 is 2.86 bits per heavy atom. The van der Waals surface area contributed by atoms with Crippen molar-refractivity contribution in [1.82, 2.24) is 18.5 Å². The number of carbonyl (C=O) groups is 1. The normalized spacial score (nSPS) is 10.8. The lowest BCUT2D eigenvalue weighted by Crippen LogP contribution is -2.29. The van der Waals surface area contributed by atoms with E-state index in [0.29, 0.717) is 28.2 Å². The predicted octanol–water partition coefficient (Wildman–Crippen LogP) is 2.56. The van der Waals surface area contributed by atoms with E-state index in [-0.39, 0.29) is 18.0 Å². The zero-order valence-corrected chi connectivity index (χ0v) is 15.6. The van der Waals surface area contributed by atoms with Crippen LogP contribution >= 0.6 is 11.7 Å². The van der Waals surface area contributed by atoms with Crippen molar-refractivity contribution in [3.05, 3.63) is 65.0 Å². The topological polar surface area (TPSA) is 99.0 Å². The fourth-order valence-corrected chi connectivity index (χ4v) is 3.28. The molecule has 2 aromatic heterocycles. The van der Waals surface area contributed by atoms with Crippen LogP contribution in [-0.4, -0.2) is 31.5 Å². The summed E-state index contributed by atoms with van der Waals surface area (Å²) in [6.45, 7) is -0.218. The molecular formula is C19H15N5O3S. The summed E-state index contributed by atoms with van der Waals surface area (Å²) in [6.07, 6.45) is 0. The summed E-state index contributed by atoms with van der Waals surface area (Å²) in [5.41, 5.74) is 2.86. The molecule has 1 amide bonds. The maximum Gasteiger partial charge on any atom is 0.267 e. The van der Waals surface area contributed by atoms with E-state index in [2.05, 4.69) is 19.2 Å². The Morgan fingerprint density at radius 2 is 2.00 bits per heavy atom. The van der Waals surface area contributed by atoms with Crippen molar-refractivity contribution in [3.8, 4) is 17.0 Å². The van der Waals surface area contributed by atoms with E-state index in [1.807, 2.05) is 30.3 Å². The molecule has 0 atom stereocenters. The number of aromatic nitrogens is 4. The van der Waals surface area contributed by atoms with E-state index < -0.39 is 0 Å². The maximum atomic E-state index is 12.5. The highest BCUT2D eigenvalue weighted by Crippen LogP contribution is 2.22. The number of nitrogens with zero attached hydrogens (tertiary/aromatic N) is 4. The molecule has 0 unspecified atom stereocenters. The van der Waals surface area contributed by atoms with Gasteiger partial charge in [-0.1, -0.05) is 18.2 Å². The minimum absolute atomic E-state index is 0.218. The second-order valence-corrected chi connectivity index (χ2v) is 6.46. The summed E-state index contributed by atoms with van der Waals surface area (Å²) in [4.78, 5) is 24.6. The minimum atomic E-state index is -0.377. The fourth-order valence-electron chi connectivity index (χ4n) is 2.73. The van der Waals surface area contributed by atoms with E-state index in [4.69, 9.17) is 4.74 Å². The SMILES string of the molecule is COc1cccc(-c2ccc(=O)n(CC(=O)Nc3cccc4nsnc34)n2)c1. The van der Waals surface area contributed by atoms with Crippen molar-refractivity contribution >= 4 is 34.4 Å². The fraction of sp³-hybridized carbons (Fsp3) is 0.105. The molecular weight excluding hydrogens is 378 g/mol. The summed E-state index contributed by atoms with van der Waals surface area (Å²) in [6, 6.07) is 15.7. The highest BCUT2D eigenvalue weighted by molar-refractivity contribution is 7.00. The summed E-state index contributed by atoms with van der Waals surface area (Å²) < 4.78 is 14.7.